The van der Waals surface area contributed by atoms with Crippen LogP contribution in [0.25, 0.3) is 0 Å². The molecular weight excluding hydrogens is 388 g/mol. The van der Waals surface area contributed by atoms with Crippen LogP contribution in [-0.4, -0.2) is 30.0 Å². The molecule has 1 aliphatic carbocycles. The minimum Gasteiger partial charge on any atom is -0.493 e. The van der Waals surface area contributed by atoms with Gasteiger partial charge in [-0.05, 0) is 18.9 Å². The molecule has 3 rings (SSSR count). The standard InChI is InChI=1S/C15H17F2N3O4S2/c1-24-13-11(15(21)5-3-2-4-6-15)9(16)7-10(12(13)17)26(22,23)20-14-18-8-19-25-14/h7-8,21H,2-6H2,1H3,(H,18,19,20). The van der Waals surface area contributed by atoms with Crippen molar-refractivity contribution in [2.24, 2.45) is 0 Å². The number of sulfonamides is 1. The molecule has 1 heterocycles. The lowest BCUT2D eigenvalue weighted by Crippen LogP contribution is -2.31. The number of nitrogens with zero attached hydrogens (tertiary/aromatic N) is 2. The predicted octanol–water partition coefficient (Wildman–Crippen LogP) is 2.78. The average Bonchev–Trinajstić information content (AvgIpc) is 3.08. The highest BCUT2D eigenvalue weighted by Gasteiger charge is 2.40. The summed E-state index contributed by atoms with van der Waals surface area (Å²) < 4.78 is 65.1. The van der Waals surface area contributed by atoms with Crippen molar-refractivity contribution in [1.29, 1.82) is 0 Å². The van der Waals surface area contributed by atoms with Crippen LogP contribution in [0.2, 0.25) is 0 Å². The van der Waals surface area contributed by atoms with Gasteiger partial charge in [-0.15, -0.1) is 0 Å². The second-order valence-electron chi connectivity index (χ2n) is 6.02. The number of aromatic nitrogens is 2. The number of aliphatic hydroxyl groups is 1. The molecule has 0 radical (unpaired) electrons. The molecule has 1 aliphatic rings. The molecule has 0 bridgehead atoms. The van der Waals surface area contributed by atoms with E-state index in [1.54, 1.807) is 0 Å². The predicted molar refractivity (Wildman–Crippen MR) is 90.6 cm³/mol. The zero-order valence-electron chi connectivity index (χ0n) is 13.8. The van der Waals surface area contributed by atoms with Crippen molar-refractivity contribution in [3.63, 3.8) is 0 Å². The second kappa shape index (κ2) is 7.05. The normalized spacial score (nSPS) is 17.1. The quantitative estimate of drug-likeness (QED) is 0.793. The Balaban J connectivity index is 2.11. The van der Waals surface area contributed by atoms with Gasteiger partial charge >= 0.3 is 0 Å². The van der Waals surface area contributed by atoms with E-state index in [2.05, 4.69) is 9.36 Å². The Morgan fingerprint density at radius 2 is 2.00 bits per heavy atom. The van der Waals surface area contributed by atoms with Crippen molar-refractivity contribution in [2.75, 3.05) is 11.8 Å². The highest BCUT2D eigenvalue weighted by atomic mass is 32.2. The first kappa shape index (κ1) is 18.9. The molecule has 142 valence electrons. The molecule has 1 aromatic heterocycles. The summed E-state index contributed by atoms with van der Waals surface area (Å²) in [6.07, 6.45) is 3.80. The third-order valence-corrected chi connectivity index (χ3v) is 6.41. The summed E-state index contributed by atoms with van der Waals surface area (Å²) in [5.41, 5.74) is -1.93. The van der Waals surface area contributed by atoms with E-state index >= 15 is 0 Å². The van der Waals surface area contributed by atoms with E-state index in [0.29, 0.717) is 18.9 Å². The Bertz CT molecular complexity index is 898. The second-order valence-corrected chi connectivity index (χ2v) is 8.45. The van der Waals surface area contributed by atoms with E-state index in [-0.39, 0.29) is 23.5 Å². The molecule has 0 amide bonds. The molecule has 1 fully saturated rings. The summed E-state index contributed by atoms with van der Waals surface area (Å²) in [7, 11) is -3.36. The van der Waals surface area contributed by atoms with E-state index in [1.165, 1.54) is 0 Å². The van der Waals surface area contributed by atoms with E-state index < -0.39 is 37.9 Å². The summed E-state index contributed by atoms with van der Waals surface area (Å²) in [4.78, 5) is 2.73. The Hall–Kier alpha value is -1.85. The average molecular weight is 405 g/mol. The zero-order valence-corrected chi connectivity index (χ0v) is 15.5. The fourth-order valence-electron chi connectivity index (χ4n) is 3.18. The van der Waals surface area contributed by atoms with Gasteiger partial charge in [0.15, 0.2) is 11.6 Å². The fraction of sp³-hybridized carbons (Fsp3) is 0.467. The first-order valence-corrected chi connectivity index (χ1v) is 10.1. The Morgan fingerprint density at radius 1 is 1.31 bits per heavy atom. The topological polar surface area (TPSA) is 101 Å². The number of ether oxygens (including phenoxy) is 1. The van der Waals surface area contributed by atoms with Crippen LogP contribution in [0.4, 0.5) is 13.9 Å². The van der Waals surface area contributed by atoms with Crippen LogP contribution in [0.15, 0.2) is 17.3 Å². The fourth-order valence-corrected chi connectivity index (χ4v) is 4.92. The maximum absolute atomic E-state index is 14.9. The summed E-state index contributed by atoms with van der Waals surface area (Å²) in [5, 5.41) is 10.7. The maximum atomic E-state index is 14.9. The largest absolute Gasteiger partial charge is 0.493 e. The number of halogens is 2. The van der Waals surface area contributed by atoms with Gasteiger partial charge in [-0.2, -0.15) is 4.37 Å². The lowest BCUT2D eigenvalue weighted by atomic mass is 9.79. The molecule has 26 heavy (non-hydrogen) atoms. The molecule has 0 unspecified atom stereocenters. The summed E-state index contributed by atoms with van der Waals surface area (Å²) >= 11 is 0.751. The molecular formula is C15H17F2N3O4S2. The lowest BCUT2D eigenvalue weighted by Gasteiger charge is -2.34. The zero-order chi connectivity index (χ0) is 18.9. The van der Waals surface area contributed by atoms with Crippen molar-refractivity contribution in [3.8, 4) is 5.75 Å². The van der Waals surface area contributed by atoms with Crippen molar-refractivity contribution >= 4 is 26.7 Å². The van der Waals surface area contributed by atoms with Crippen LogP contribution in [0, 0.1) is 11.6 Å². The molecule has 0 atom stereocenters. The number of methoxy groups -OCH3 is 1. The summed E-state index contributed by atoms with van der Waals surface area (Å²) in [5.74, 6) is -2.91. The van der Waals surface area contributed by atoms with Gasteiger partial charge < -0.3 is 9.84 Å². The number of nitrogens with one attached hydrogen (secondary N) is 1. The van der Waals surface area contributed by atoms with Crippen molar-refractivity contribution in [1.82, 2.24) is 9.36 Å². The number of hydrogen-bond acceptors (Lipinski definition) is 7. The maximum Gasteiger partial charge on any atom is 0.266 e. The number of rotatable bonds is 5. The Kier molecular flexibility index (Phi) is 5.13. The van der Waals surface area contributed by atoms with Gasteiger partial charge in [0.2, 0.25) is 5.13 Å². The number of anilines is 1. The third-order valence-electron chi connectivity index (χ3n) is 4.36. The number of benzene rings is 1. The Morgan fingerprint density at radius 3 is 2.58 bits per heavy atom. The van der Waals surface area contributed by atoms with Crippen molar-refractivity contribution < 1.29 is 27.0 Å². The van der Waals surface area contributed by atoms with Crippen LogP contribution < -0.4 is 9.46 Å². The summed E-state index contributed by atoms with van der Waals surface area (Å²) in [6, 6.07) is 0.559. The molecule has 2 aromatic rings. The first-order chi connectivity index (χ1) is 12.3. The molecule has 1 aromatic carbocycles. The van der Waals surface area contributed by atoms with Gasteiger partial charge in [-0.3, -0.25) is 4.72 Å². The van der Waals surface area contributed by atoms with Crippen molar-refractivity contribution in [2.45, 2.75) is 42.6 Å². The van der Waals surface area contributed by atoms with Gasteiger partial charge in [0, 0.05) is 11.5 Å². The van der Waals surface area contributed by atoms with E-state index in [9.17, 15) is 22.3 Å². The van der Waals surface area contributed by atoms with E-state index in [4.69, 9.17) is 4.74 Å². The smallest absolute Gasteiger partial charge is 0.266 e. The molecule has 2 N–H and O–H groups in total. The van der Waals surface area contributed by atoms with Crippen LogP contribution in [0.3, 0.4) is 0 Å². The van der Waals surface area contributed by atoms with Crippen LogP contribution in [0.1, 0.15) is 37.7 Å². The highest BCUT2D eigenvalue weighted by molar-refractivity contribution is 7.93. The third kappa shape index (κ3) is 3.38. The SMILES string of the molecule is COc1c(F)c(S(=O)(=O)Nc2ncns2)cc(F)c1C1(O)CCCCC1. The lowest BCUT2D eigenvalue weighted by molar-refractivity contribution is -0.00640. The van der Waals surface area contributed by atoms with Gasteiger partial charge in [-0.25, -0.2) is 22.2 Å². The monoisotopic (exact) mass is 405 g/mol. The van der Waals surface area contributed by atoms with Gasteiger partial charge in [-0.1, -0.05) is 19.3 Å². The minimum atomic E-state index is -4.45. The van der Waals surface area contributed by atoms with E-state index in [0.717, 1.165) is 31.4 Å². The molecule has 0 spiro atoms. The highest BCUT2D eigenvalue weighted by Crippen LogP contribution is 2.44. The molecule has 7 nitrogen and oxygen atoms in total. The van der Waals surface area contributed by atoms with Crippen LogP contribution in [-0.2, 0) is 15.6 Å². The van der Waals surface area contributed by atoms with Gasteiger partial charge in [0.25, 0.3) is 10.0 Å². The molecule has 1 saturated carbocycles. The number of hydrogen-bond donors (Lipinski definition) is 2. The molecule has 0 aliphatic heterocycles. The van der Waals surface area contributed by atoms with Crippen LogP contribution in [0.5, 0.6) is 5.75 Å². The Labute approximate surface area is 153 Å². The summed E-state index contributed by atoms with van der Waals surface area (Å²) in [6.45, 7) is 0. The first-order valence-electron chi connectivity index (χ1n) is 7.87. The van der Waals surface area contributed by atoms with Gasteiger partial charge in [0.1, 0.15) is 17.0 Å². The molecule has 0 saturated heterocycles. The van der Waals surface area contributed by atoms with Gasteiger partial charge in [0.05, 0.1) is 18.3 Å². The van der Waals surface area contributed by atoms with Crippen molar-refractivity contribution in [3.05, 3.63) is 29.6 Å². The van der Waals surface area contributed by atoms with Crippen LogP contribution >= 0.6 is 11.5 Å². The van der Waals surface area contributed by atoms with E-state index in [1.807, 2.05) is 4.72 Å². The minimum absolute atomic E-state index is 0.0845. The molecule has 11 heteroatoms.